The first-order chi connectivity index (χ1) is 17.4. The molecule has 1 aliphatic rings. The van der Waals surface area contributed by atoms with Gasteiger partial charge < -0.3 is 15.6 Å². The van der Waals surface area contributed by atoms with Gasteiger partial charge in [-0.1, -0.05) is 38.1 Å². The minimum absolute atomic E-state index is 0.0000154. The number of allylic oxidation sites excluding steroid dienone is 1. The van der Waals surface area contributed by atoms with Gasteiger partial charge in [-0.2, -0.15) is 18.4 Å². The van der Waals surface area contributed by atoms with Crippen LogP contribution < -0.4 is 10.5 Å². The largest absolute Gasteiger partial charge is 0.481 e. The minimum atomic E-state index is -4.68. The lowest BCUT2D eigenvalue weighted by atomic mass is 9.61. The molecule has 0 aliphatic carbocycles. The molecule has 7 nitrogen and oxygen atoms in total. The number of ether oxygens (including phenoxy) is 1. The van der Waals surface area contributed by atoms with Crippen LogP contribution in [0.3, 0.4) is 0 Å². The number of aliphatic carboxylic acids is 1. The van der Waals surface area contributed by atoms with E-state index in [0.717, 1.165) is 12.1 Å². The number of carbonyl (C=O) groups is 1. The number of rotatable bonds is 6. The monoisotopic (exact) mass is 510 g/mol. The molecule has 4 N–H and O–H groups in total. The minimum Gasteiger partial charge on any atom is -0.481 e. The molecule has 1 aromatic heterocycles. The molecule has 0 fully saturated rings. The van der Waals surface area contributed by atoms with E-state index in [2.05, 4.69) is 16.3 Å². The number of aryl methyl sites for hydroxylation is 2. The Morgan fingerprint density at radius 2 is 1.97 bits per heavy atom. The number of nitrogens with one attached hydrogen (secondary N) is 1. The standard InChI is InChI=1S/C27H25F3N4O3/c1-14(2)26(21(13-31)24(32)37-25-23(26)15(3)33-34-25)19-10-18(11-20(12-19)27(28,29)30)17-6-4-5-16(9-17)7-8-22(35)36/h4-6,9-12,14H,7-8,32H2,1-3H3,(H,33,34)(H,35,36)/t26-/m0/s1. The van der Waals surface area contributed by atoms with E-state index in [0.29, 0.717) is 22.4 Å². The molecule has 192 valence electrons. The molecule has 10 heteroatoms. The molecule has 0 amide bonds. The quantitative estimate of drug-likeness (QED) is 0.405. The van der Waals surface area contributed by atoms with E-state index in [-0.39, 0.29) is 41.3 Å². The van der Waals surface area contributed by atoms with Crippen LogP contribution in [-0.2, 0) is 22.8 Å². The highest BCUT2D eigenvalue weighted by atomic mass is 19.4. The third kappa shape index (κ3) is 4.42. The molecule has 0 bridgehead atoms. The van der Waals surface area contributed by atoms with Crippen molar-refractivity contribution in [2.45, 2.75) is 45.2 Å². The van der Waals surface area contributed by atoms with Crippen LogP contribution in [0.15, 0.2) is 53.9 Å². The van der Waals surface area contributed by atoms with Crippen LogP contribution in [0.25, 0.3) is 11.1 Å². The van der Waals surface area contributed by atoms with Gasteiger partial charge in [0.05, 0.1) is 16.5 Å². The van der Waals surface area contributed by atoms with Crippen molar-refractivity contribution >= 4 is 5.97 Å². The van der Waals surface area contributed by atoms with E-state index < -0.39 is 29.0 Å². The zero-order chi connectivity index (χ0) is 27.1. The van der Waals surface area contributed by atoms with Crippen molar-refractivity contribution < 1.29 is 27.8 Å². The van der Waals surface area contributed by atoms with Crippen LogP contribution >= 0.6 is 0 Å². The van der Waals surface area contributed by atoms with Crippen LogP contribution in [0, 0.1) is 24.2 Å². The topological polar surface area (TPSA) is 125 Å². The fourth-order valence-electron chi connectivity index (χ4n) is 5.11. The van der Waals surface area contributed by atoms with Crippen LogP contribution in [0.2, 0.25) is 0 Å². The van der Waals surface area contributed by atoms with E-state index in [9.17, 15) is 23.2 Å². The summed E-state index contributed by atoms with van der Waals surface area (Å²) in [5, 5.41) is 26.1. The summed E-state index contributed by atoms with van der Waals surface area (Å²) >= 11 is 0. The molecule has 0 saturated carbocycles. The molecule has 0 saturated heterocycles. The molecular weight excluding hydrogens is 485 g/mol. The third-order valence-corrected chi connectivity index (χ3v) is 6.74. The Morgan fingerprint density at radius 3 is 2.59 bits per heavy atom. The van der Waals surface area contributed by atoms with Gasteiger partial charge in [0.2, 0.25) is 11.8 Å². The number of aromatic nitrogens is 2. The summed E-state index contributed by atoms with van der Waals surface area (Å²) in [7, 11) is 0. The van der Waals surface area contributed by atoms with E-state index in [1.165, 1.54) is 0 Å². The molecule has 1 atom stereocenters. The highest BCUT2D eigenvalue weighted by molar-refractivity contribution is 5.71. The summed E-state index contributed by atoms with van der Waals surface area (Å²) in [6, 6.07) is 12.6. The number of nitrogens with zero attached hydrogens (tertiary/aromatic N) is 2. The first kappa shape index (κ1) is 25.8. The third-order valence-electron chi connectivity index (χ3n) is 6.74. The van der Waals surface area contributed by atoms with Crippen LogP contribution in [0.4, 0.5) is 13.2 Å². The molecule has 3 aromatic rings. The lowest BCUT2D eigenvalue weighted by Crippen LogP contribution is -2.41. The van der Waals surface area contributed by atoms with Gasteiger partial charge in [-0.25, -0.2) is 0 Å². The van der Waals surface area contributed by atoms with Gasteiger partial charge >= 0.3 is 12.1 Å². The molecule has 37 heavy (non-hydrogen) atoms. The number of aromatic amines is 1. The van der Waals surface area contributed by atoms with Crippen LogP contribution in [0.1, 0.15) is 48.2 Å². The Labute approximate surface area is 211 Å². The summed E-state index contributed by atoms with van der Waals surface area (Å²) in [6.45, 7) is 5.32. The number of benzene rings is 2. The van der Waals surface area contributed by atoms with E-state index in [4.69, 9.17) is 15.6 Å². The Morgan fingerprint density at radius 1 is 1.24 bits per heavy atom. The first-order valence-electron chi connectivity index (χ1n) is 11.6. The highest BCUT2D eigenvalue weighted by Crippen LogP contribution is 2.53. The zero-order valence-electron chi connectivity index (χ0n) is 20.4. The average molecular weight is 511 g/mol. The predicted octanol–water partition coefficient (Wildman–Crippen LogP) is 5.45. The Kier molecular flexibility index (Phi) is 6.50. The summed E-state index contributed by atoms with van der Waals surface area (Å²) in [5.74, 6) is -1.50. The number of carboxylic acids is 1. The molecule has 0 unspecified atom stereocenters. The maximum atomic E-state index is 14.2. The van der Waals surface area contributed by atoms with E-state index in [1.807, 2.05) is 0 Å². The number of hydrogen-bond acceptors (Lipinski definition) is 5. The second kappa shape index (κ2) is 9.32. The smallest absolute Gasteiger partial charge is 0.416 e. The van der Waals surface area contributed by atoms with Gasteiger partial charge in [0.25, 0.3) is 0 Å². The molecule has 2 aromatic carbocycles. The molecule has 0 radical (unpaired) electrons. The first-order valence-corrected chi connectivity index (χ1v) is 11.6. The number of fused-ring (bicyclic) bond motifs is 1. The van der Waals surface area contributed by atoms with Crippen molar-refractivity contribution in [3.8, 4) is 23.1 Å². The summed E-state index contributed by atoms with van der Waals surface area (Å²) in [6.07, 6.45) is -4.55. The number of hydrogen-bond donors (Lipinski definition) is 3. The second-order valence-electron chi connectivity index (χ2n) is 9.34. The summed E-state index contributed by atoms with van der Waals surface area (Å²) < 4.78 is 48.2. The Balaban J connectivity index is 2.04. The lowest BCUT2D eigenvalue weighted by molar-refractivity contribution is -0.138. The van der Waals surface area contributed by atoms with E-state index in [1.54, 1.807) is 51.1 Å². The summed E-state index contributed by atoms with van der Waals surface area (Å²) in [4.78, 5) is 11.0. The van der Waals surface area contributed by atoms with Gasteiger partial charge in [-0.05, 0) is 59.7 Å². The molecule has 4 rings (SSSR count). The van der Waals surface area contributed by atoms with Crippen molar-refractivity contribution in [2.75, 3.05) is 0 Å². The normalized spacial score (nSPS) is 17.4. The van der Waals surface area contributed by atoms with Crippen molar-refractivity contribution in [1.29, 1.82) is 5.26 Å². The van der Waals surface area contributed by atoms with Gasteiger partial charge in [0.1, 0.15) is 11.6 Å². The summed E-state index contributed by atoms with van der Waals surface area (Å²) in [5.41, 5.74) is 6.51. The molecule has 2 heterocycles. The van der Waals surface area contributed by atoms with E-state index >= 15 is 0 Å². The van der Waals surface area contributed by atoms with Crippen molar-refractivity contribution in [3.63, 3.8) is 0 Å². The van der Waals surface area contributed by atoms with Gasteiger partial charge in [-0.3, -0.25) is 9.89 Å². The number of nitrogens with two attached hydrogens (primary N) is 1. The maximum Gasteiger partial charge on any atom is 0.416 e. The number of carboxylic acid groups (broad SMARTS) is 1. The second-order valence-corrected chi connectivity index (χ2v) is 9.34. The zero-order valence-corrected chi connectivity index (χ0v) is 20.4. The average Bonchev–Trinajstić information content (AvgIpc) is 3.21. The highest BCUT2D eigenvalue weighted by Gasteiger charge is 2.51. The fourth-order valence-corrected chi connectivity index (χ4v) is 5.11. The SMILES string of the molecule is Cc1[nH]nc2c1[C@](c1cc(-c3cccc(CCC(=O)O)c3)cc(C(F)(F)F)c1)(C(C)C)C(C#N)=C(N)O2. The Hall–Kier alpha value is -4.26. The maximum absolute atomic E-state index is 14.2. The van der Waals surface area contributed by atoms with Crippen molar-refractivity contribution in [2.24, 2.45) is 11.7 Å². The molecule has 1 aliphatic heterocycles. The van der Waals surface area contributed by atoms with Crippen molar-refractivity contribution in [3.05, 3.63) is 81.9 Å². The van der Waals surface area contributed by atoms with Crippen LogP contribution in [-0.4, -0.2) is 21.3 Å². The fraction of sp³-hybridized carbons (Fsp3) is 0.296. The number of nitriles is 1. The van der Waals surface area contributed by atoms with Gasteiger partial charge in [0, 0.05) is 12.1 Å². The van der Waals surface area contributed by atoms with Crippen molar-refractivity contribution in [1.82, 2.24) is 10.2 Å². The predicted molar refractivity (Wildman–Crippen MR) is 129 cm³/mol. The molecule has 0 spiro atoms. The molecular formula is C27H25F3N4O3. The number of alkyl halides is 3. The number of H-pyrrole nitrogens is 1. The lowest BCUT2D eigenvalue weighted by Gasteiger charge is -2.41. The van der Waals surface area contributed by atoms with Gasteiger partial charge in [-0.15, -0.1) is 5.10 Å². The Bertz CT molecular complexity index is 1450. The number of halogens is 3. The van der Waals surface area contributed by atoms with Crippen LogP contribution in [0.5, 0.6) is 5.88 Å². The van der Waals surface area contributed by atoms with Gasteiger partial charge in [0.15, 0.2) is 0 Å².